The second kappa shape index (κ2) is 33.6. The maximum Gasteiger partial charge on any atom is 0.215 e. The van der Waals surface area contributed by atoms with Gasteiger partial charge in [0.2, 0.25) is 34.2 Å². The van der Waals surface area contributed by atoms with Crippen molar-refractivity contribution in [2.24, 2.45) is 42.3 Å². The van der Waals surface area contributed by atoms with E-state index in [9.17, 15) is 0 Å². The summed E-state index contributed by atoms with van der Waals surface area (Å²) in [6.45, 7) is 34.3. The lowest BCUT2D eigenvalue weighted by atomic mass is 9.98. The fraction of sp³-hybridized carbons (Fsp3) is 0.267. The monoisotopic (exact) mass is 1280 g/mol. The van der Waals surface area contributed by atoms with Gasteiger partial charge in [0, 0.05) is 117 Å². The van der Waals surface area contributed by atoms with Gasteiger partial charge in [0.05, 0.1) is 5.56 Å². The maximum atomic E-state index is 7.58. The Bertz CT molecular complexity index is 4650. The maximum absolute atomic E-state index is 7.58. The molecule has 0 bridgehead atoms. The van der Waals surface area contributed by atoms with Gasteiger partial charge in [0.15, 0.2) is 36.2 Å². The van der Waals surface area contributed by atoms with E-state index in [0.717, 1.165) is 22.5 Å². The zero-order chi connectivity index (χ0) is 72.7. The van der Waals surface area contributed by atoms with Crippen molar-refractivity contribution in [2.45, 2.75) is 125 Å². The van der Waals surface area contributed by atoms with E-state index in [2.05, 4.69) is 344 Å². The standard InChI is InChI=1S/6C15H18N/c1-11-5-7-14(13(3)9-11)15-8-6-12(2)10-16(15)4;1-11-8-9-16(4)14(10-11)15-12(2)6-5-7-13(15)3;2*1-11-9-13(3)16(4)15(10-11)14-8-6-5-7-12(14)2;2*1-11-9-10-16(4)15(13(11)3)14-8-6-5-7-12(14)2/h6*5-10H,1-4H3/q6*+1/i;;1D3;;;. The minimum atomic E-state index is -2.07. The molecule has 0 amide bonds. The minimum Gasteiger partial charge on any atom is -0.201 e. The molecular formula is C90H108N6+6. The van der Waals surface area contributed by atoms with Crippen molar-refractivity contribution in [1.29, 1.82) is 0 Å². The first-order valence-electron chi connectivity index (χ1n) is 35.0. The van der Waals surface area contributed by atoms with Crippen LogP contribution in [0.2, 0.25) is 0 Å². The van der Waals surface area contributed by atoms with Crippen molar-refractivity contribution in [3.63, 3.8) is 0 Å². The SMILES string of the molecule is Cc1cc(C)[n+](C)c(-c2ccccc2C)c1.Cc1cc[n+](C)c(-c2c(C)cccc2C)c1.Cc1ccc(-c2ccc(C)c[n+]2C)c(C)c1.Cc1ccccc1-c1c(C)c(C)cc[n+]1C.Cc1ccccc1-c1c(C)c(C)cc[n+]1C.[2H]C([2H])([2H])c1cc(C)[n+](C)c(-c2ccccc2C)c1. The Morgan fingerprint density at radius 2 is 0.625 bits per heavy atom. The molecule has 0 atom stereocenters. The van der Waals surface area contributed by atoms with E-state index >= 15 is 0 Å². The first-order chi connectivity index (χ1) is 46.8. The predicted octanol–water partition coefficient (Wildman–Crippen LogP) is 18.6. The molecule has 0 fully saturated rings. The Morgan fingerprint density at radius 1 is 0.250 bits per heavy atom. The van der Waals surface area contributed by atoms with Gasteiger partial charge in [-0.05, 0) is 214 Å². The fourth-order valence-corrected chi connectivity index (χ4v) is 12.5. The summed E-state index contributed by atoms with van der Waals surface area (Å²) < 4.78 is 35.8. The molecule has 12 rings (SSSR count). The Hall–Kier alpha value is -9.78. The van der Waals surface area contributed by atoms with Gasteiger partial charge >= 0.3 is 0 Å². The van der Waals surface area contributed by atoms with Crippen molar-refractivity contribution in [3.05, 3.63) is 319 Å². The van der Waals surface area contributed by atoms with Crippen LogP contribution in [0.1, 0.15) is 105 Å². The molecule has 6 heterocycles. The molecule has 492 valence electrons. The first-order valence-corrected chi connectivity index (χ1v) is 33.5. The number of hydrogen-bond donors (Lipinski definition) is 0. The molecule has 6 aromatic carbocycles. The van der Waals surface area contributed by atoms with Crippen molar-refractivity contribution in [2.75, 3.05) is 0 Å². The van der Waals surface area contributed by atoms with Gasteiger partial charge in [0.25, 0.3) is 0 Å². The third kappa shape index (κ3) is 18.6. The van der Waals surface area contributed by atoms with Crippen LogP contribution < -0.4 is 27.4 Å². The normalized spacial score (nSPS) is 11.1. The summed E-state index contributed by atoms with van der Waals surface area (Å²) >= 11 is 0. The first kappa shape index (κ1) is 69.1. The highest BCUT2D eigenvalue weighted by atomic mass is 15.0. The highest BCUT2D eigenvalue weighted by Crippen LogP contribution is 2.29. The lowest BCUT2D eigenvalue weighted by Crippen LogP contribution is -2.34. The molecule has 0 unspecified atom stereocenters. The number of pyridine rings is 6. The number of aromatic nitrogens is 6. The second-order valence-electron chi connectivity index (χ2n) is 26.4. The number of hydrogen-bond acceptors (Lipinski definition) is 0. The van der Waals surface area contributed by atoms with Crippen LogP contribution in [0.3, 0.4) is 0 Å². The summed E-state index contributed by atoms with van der Waals surface area (Å²) in [6, 6.07) is 67.7. The molecule has 96 heavy (non-hydrogen) atoms. The van der Waals surface area contributed by atoms with E-state index in [1.165, 1.54) is 140 Å². The van der Waals surface area contributed by atoms with E-state index < -0.39 is 6.85 Å². The van der Waals surface area contributed by atoms with E-state index in [4.69, 9.17) is 4.11 Å². The largest absolute Gasteiger partial charge is 0.215 e. The lowest BCUT2D eigenvalue weighted by Gasteiger charge is -2.08. The third-order valence-corrected chi connectivity index (χ3v) is 18.6. The van der Waals surface area contributed by atoms with Crippen LogP contribution in [0.4, 0.5) is 0 Å². The summed E-state index contributed by atoms with van der Waals surface area (Å²) in [5.74, 6) is 0. The molecule has 0 radical (unpaired) electrons. The molecule has 6 heteroatoms. The average molecular weight is 1280 g/mol. The third-order valence-electron chi connectivity index (χ3n) is 18.6. The number of aryl methyl sites for hydroxylation is 20. The summed E-state index contributed by atoms with van der Waals surface area (Å²) in [5.41, 5.74) is 37.5. The van der Waals surface area contributed by atoms with Crippen LogP contribution >= 0.6 is 0 Å². The summed E-state index contributed by atoms with van der Waals surface area (Å²) in [5, 5.41) is 0. The van der Waals surface area contributed by atoms with Crippen LogP contribution in [-0.2, 0) is 42.3 Å². The summed E-state index contributed by atoms with van der Waals surface area (Å²) in [4.78, 5) is 0. The van der Waals surface area contributed by atoms with E-state index in [0.29, 0.717) is 5.56 Å². The van der Waals surface area contributed by atoms with Gasteiger partial charge < -0.3 is 0 Å². The van der Waals surface area contributed by atoms with Crippen molar-refractivity contribution in [3.8, 4) is 67.5 Å². The molecule has 6 aromatic heterocycles. The summed E-state index contributed by atoms with van der Waals surface area (Å²) in [7, 11) is 12.5. The van der Waals surface area contributed by atoms with Gasteiger partial charge in [-0.15, -0.1) is 0 Å². The molecule has 0 N–H and O–H groups in total. The zero-order valence-corrected chi connectivity index (χ0v) is 62.0. The second-order valence-corrected chi connectivity index (χ2v) is 26.4. The van der Waals surface area contributed by atoms with Gasteiger partial charge in [-0.3, -0.25) is 0 Å². The Labute approximate surface area is 582 Å². The number of rotatable bonds is 6. The van der Waals surface area contributed by atoms with Crippen molar-refractivity contribution < 1.29 is 31.5 Å². The fourth-order valence-electron chi connectivity index (χ4n) is 12.5. The van der Waals surface area contributed by atoms with E-state index in [1.807, 2.05) is 49.7 Å². The van der Waals surface area contributed by atoms with Crippen molar-refractivity contribution >= 4 is 0 Å². The Balaban J connectivity index is 0.000000167. The average Bonchev–Trinajstić information content (AvgIpc) is 0.832. The Kier molecular flexibility index (Phi) is 24.1. The van der Waals surface area contributed by atoms with Crippen LogP contribution in [0.25, 0.3) is 67.5 Å². The highest BCUT2D eigenvalue weighted by molar-refractivity contribution is 5.68. The van der Waals surface area contributed by atoms with E-state index in [1.54, 1.807) is 12.1 Å². The number of benzene rings is 6. The number of nitrogens with zero attached hydrogens (tertiary/aromatic N) is 6. The minimum absolute atomic E-state index is 0.390. The van der Waals surface area contributed by atoms with Gasteiger partial charge in [-0.2, -0.15) is 9.13 Å². The molecule has 0 aliphatic heterocycles. The molecule has 0 aliphatic carbocycles. The van der Waals surface area contributed by atoms with Crippen LogP contribution in [0.5, 0.6) is 0 Å². The highest BCUT2D eigenvalue weighted by Gasteiger charge is 2.21. The molecule has 0 saturated heterocycles. The smallest absolute Gasteiger partial charge is 0.201 e. The Morgan fingerprint density at radius 3 is 1.06 bits per heavy atom. The predicted molar refractivity (Wildman–Crippen MR) is 404 cm³/mol. The lowest BCUT2D eigenvalue weighted by molar-refractivity contribution is -0.666. The van der Waals surface area contributed by atoms with Crippen molar-refractivity contribution in [1.82, 2.24) is 0 Å². The van der Waals surface area contributed by atoms with Gasteiger partial charge in [-0.25, -0.2) is 18.3 Å². The molecule has 6 nitrogen and oxygen atoms in total. The van der Waals surface area contributed by atoms with Gasteiger partial charge in [-0.1, -0.05) is 109 Å². The van der Waals surface area contributed by atoms with Crippen LogP contribution in [0.15, 0.2) is 219 Å². The molecular weight excluding hydrogens is 1170 g/mol. The molecule has 12 aromatic rings. The van der Waals surface area contributed by atoms with Gasteiger partial charge in [0.1, 0.15) is 42.3 Å². The molecule has 0 aliphatic rings. The molecule has 0 spiro atoms. The van der Waals surface area contributed by atoms with E-state index in [-0.39, 0.29) is 0 Å². The quantitative estimate of drug-likeness (QED) is 0.148. The topological polar surface area (TPSA) is 23.3 Å². The zero-order valence-electron chi connectivity index (χ0n) is 65.0. The summed E-state index contributed by atoms with van der Waals surface area (Å²) in [6.07, 6.45) is 8.54. The van der Waals surface area contributed by atoms with Crippen LogP contribution in [-0.4, -0.2) is 0 Å². The van der Waals surface area contributed by atoms with Crippen LogP contribution in [0, 0.1) is 125 Å². The molecule has 0 saturated carbocycles.